The number of nitrogens with one attached hydrogen (secondary N) is 1. The van der Waals surface area contributed by atoms with Gasteiger partial charge in [-0.05, 0) is 47.1 Å². The first-order valence-electron chi connectivity index (χ1n) is 6.15. The lowest BCUT2D eigenvalue weighted by atomic mass is 10.3. The maximum atomic E-state index is 12.4. The van der Waals surface area contributed by atoms with E-state index in [9.17, 15) is 13.5 Å². The van der Waals surface area contributed by atoms with E-state index in [0.717, 1.165) is 0 Å². The summed E-state index contributed by atoms with van der Waals surface area (Å²) < 4.78 is 29.5. The quantitative estimate of drug-likeness (QED) is 0.819. The van der Waals surface area contributed by atoms with Gasteiger partial charge in [0.1, 0.15) is 4.90 Å². The Balaban J connectivity index is 2.36. The van der Waals surface area contributed by atoms with Crippen molar-refractivity contribution < 1.29 is 13.5 Å². The molecular formula is C13H14BrClN2O3S. The van der Waals surface area contributed by atoms with E-state index in [1.54, 1.807) is 22.8 Å². The molecule has 1 aromatic carbocycles. The van der Waals surface area contributed by atoms with Crippen LogP contribution in [0, 0.1) is 0 Å². The first kappa shape index (κ1) is 16.4. The summed E-state index contributed by atoms with van der Waals surface area (Å²) in [4.78, 5) is 0.107. The molecule has 1 heterocycles. The molecule has 2 N–H and O–H groups in total. The highest BCUT2D eigenvalue weighted by Gasteiger charge is 2.19. The van der Waals surface area contributed by atoms with Gasteiger partial charge in [0, 0.05) is 27.9 Å². The fraction of sp³-hybridized carbons (Fsp3) is 0.231. The molecule has 0 unspecified atom stereocenters. The van der Waals surface area contributed by atoms with E-state index >= 15 is 0 Å². The van der Waals surface area contributed by atoms with Crippen LogP contribution in [-0.4, -0.2) is 18.1 Å². The average molecular weight is 394 g/mol. The molecule has 0 atom stereocenters. The molecule has 0 aliphatic carbocycles. The summed E-state index contributed by atoms with van der Waals surface area (Å²) >= 11 is 9.09. The first-order valence-corrected chi connectivity index (χ1v) is 8.80. The van der Waals surface area contributed by atoms with Crippen molar-refractivity contribution in [3.8, 4) is 0 Å². The number of hydrogen-bond donors (Lipinski definition) is 2. The fourth-order valence-electron chi connectivity index (χ4n) is 1.87. The van der Waals surface area contributed by atoms with Gasteiger partial charge in [-0.15, -0.1) is 0 Å². The Bertz CT molecular complexity index is 737. The molecule has 0 spiro atoms. The second-order valence-corrected chi connectivity index (χ2v) is 7.31. The molecule has 0 bridgehead atoms. The maximum absolute atomic E-state index is 12.4. The maximum Gasteiger partial charge on any atom is 0.263 e. The Labute approximate surface area is 136 Å². The van der Waals surface area contributed by atoms with E-state index in [-0.39, 0.29) is 11.5 Å². The zero-order valence-electron chi connectivity index (χ0n) is 11.2. The summed E-state index contributed by atoms with van der Waals surface area (Å²) in [5.41, 5.74) is 0.947. The molecule has 114 valence electrons. The molecular weight excluding hydrogens is 380 g/mol. The monoisotopic (exact) mass is 392 g/mol. The molecule has 0 fully saturated rings. The molecule has 2 rings (SSSR count). The minimum absolute atomic E-state index is 0.107. The van der Waals surface area contributed by atoms with Crippen LogP contribution in [0.5, 0.6) is 0 Å². The smallest absolute Gasteiger partial charge is 0.263 e. The number of aliphatic hydroxyl groups excluding tert-OH is 1. The first-order chi connectivity index (χ1) is 9.87. The van der Waals surface area contributed by atoms with Gasteiger partial charge in [-0.25, -0.2) is 8.42 Å². The van der Waals surface area contributed by atoms with Crippen molar-refractivity contribution >= 4 is 43.2 Å². The minimum atomic E-state index is -3.73. The minimum Gasteiger partial charge on any atom is -0.390 e. The Kier molecular flexibility index (Phi) is 4.98. The number of aromatic nitrogens is 1. The van der Waals surface area contributed by atoms with Gasteiger partial charge >= 0.3 is 0 Å². The fourth-order valence-corrected chi connectivity index (χ4v) is 3.93. The lowest BCUT2D eigenvalue weighted by Crippen LogP contribution is -2.12. The van der Waals surface area contributed by atoms with Gasteiger partial charge in [0.05, 0.1) is 12.3 Å². The predicted molar refractivity (Wildman–Crippen MR) is 86.0 cm³/mol. The summed E-state index contributed by atoms with van der Waals surface area (Å²) in [6.07, 6.45) is 1.50. The van der Waals surface area contributed by atoms with Crippen molar-refractivity contribution in [2.75, 3.05) is 4.72 Å². The number of sulfonamides is 1. The molecule has 0 saturated carbocycles. The van der Waals surface area contributed by atoms with E-state index < -0.39 is 10.0 Å². The number of benzene rings is 1. The molecule has 5 nitrogen and oxygen atoms in total. The normalized spacial score (nSPS) is 11.6. The van der Waals surface area contributed by atoms with Crippen LogP contribution >= 0.6 is 27.5 Å². The summed E-state index contributed by atoms with van der Waals surface area (Å²) in [6.45, 7) is 2.24. The number of nitrogens with zero attached hydrogens (tertiary/aromatic N) is 1. The van der Waals surface area contributed by atoms with Crippen molar-refractivity contribution in [3.05, 3.63) is 45.7 Å². The Morgan fingerprint density at radius 2 is 2.10 bits per heavy atom. The van der Waals surface area contributed by atoms with Gasteiger partial charge in [-0.1, -0.05) is 11.6 Å². The van der Waals surface area contributed by atoms with Gasteiger partial charge in [0.15, 0.2) is 0 Å². The predicted octanol–water partition coefficient (Wildman–Crippen LogP) is 3.22. The van der Waals surface area contributed by atoms with Crippen molar-refractivity contribution in [1.82, 2.24) is 4.57 Å². The van der Waals surface area contributed by atoms with Crippen molar-refractivity contribution in [1.29, 1.82) is 0 Å². The third kappa shape index (κ3) is 3.60. The zero-order valence-corrected chi connectivity index (χ0v) is 14.3. The SMILES string of the molecule is CCn1cc(S(=O)(=O)Nc2ccc(Cl)cc2Br)cc1CO. The Hall–Kier alpha value is -1.02. The van der Waals surface area contributed by atoms with E-state index in [0.29, 0.717) is 27.4 Å². The zero-order chi connectivity index (χ0) is 15.6. The van der Waals surface area contributed by atoms with E-state index in [1.807, 2.05) is 6.92 Å². The van der Waals surface area contributed by atoms with Gasteiger partial charge in [0.25, 0.3) is 10.0 Å². The number of rotatable bonds is 5. The third-order valence-corrected chi connectivity index (χ3v) is 5.17. The number of halogens is 2. The number of aliphatic hydroxyl groups is 1. The largest absolute Gasteiger partial charge is 0.390 e. The summed E-state index contributed by atoms with van der Waals surface area (Å²) in [5, 5.41) is 9.74. The highest BCUT2D eigenvalue weighted by atomic mass is 79.9. The van der Waals surface area contributed by atoms with E-state index in [4.69, 9.17) is 11.6 Å². The van der Waals surface area contributed by atoms with Gasteiger partial charge in [-0.3, -0.25) is 4.72 Å². The van der Waals surface area contributed by atoms with E-state index in [2.05, 4.69) is 20.7 Å². The van der Waals surface area contributed by atoms with Gasteiger partial charge in [-0.2, -0.15) is 0 Å². The van der Waals surface area contributed by atoms with Gasteiger partial charge < -0.3 is 9.67 Å². The molecule has 1 aromatic heterocycles. The summed E-state index contributed by atoms with van der Waals surface area (Å²) in [7, 11) is -3.73. The van der Waals surface area contributed by atoms with Crippen LogP contribution in [0.2, 0.25) is 5.02 Å². The van der Waals surface area contributed by atoms with Crippen LogP contribution in [0.4, 0.5) is 5.69 Å². The molecule has 2 aromatic rings. The molecule has 0 saturated heterocycles. The van der Waals surface area contributed by atoms with Gasteiger partial charge in [0.2, 0.25) is 0 Å². The third-order valence-electron chi connectivity index (χ3n) is 2.95. The average Bonchev–Trinajstić information content (AvgIpc) is 2.86. The van der Waals surface area contributed by atoms with Crippen LogP contribution in [0.1, 0.15) is 12.6 Å². The second-order valence-electron chi connectivity index (χ2n) is 4.34. The van der Waals surface area contributed by atoms with Crippen LogP contribution in [0.15, 0.2) is 39.8 Å². The topological polar surface area (TPSA) is 71.3 Å². The molecule has 0 aliphatic rings. The summed E-state index contributed by atoms with van der Waals surface area (Å²) in [6, 6.07) is 6.24. The molecule has 8 heteroatoms. The molecule has 21 heavy (non-hydrogen) atoms. The number of hydrogen-bond acceptors (Lipinski definition) is 3. The number of anilines is 1. The van der Waals surface area contributed by atoms with Crippen LogP contribution in [-0.2, 0) is 23.2 Å². The highest BCUT2D eigenvalue weighted by Crippen LogP contribution is 2.28. The van der Waals surface area contributed by atoms with E-state index in [1.165, 1.54) is 12.3 Å². The highest BCUT2D eigenvalue weighted by molar-refractivity contribution is 9.10. The lowest BCUT2D eigenvalue weighted by molar-refractivity contribution is 0.271. The molecule has 0 radical (unpaired) electrons. The van der Waals surface area contributed by atoms with Crippen molar-refractivity contribution in [2.45, 2.75) is 25.0 Å². The van der Waals surface area contributed by atoms with Crippen molar-refractivity contribution in [2.24, 2.45) is 0 Å². The van der Waals surface area contributed by atoms with Crippen LogP contribution in [0.25, 0.3) is 0 Å². The lowest BCUT2D eigenvalue weighted by Gasteiger charge is -2.08. The Morgan fingerprint density at radius 3 is 2.62 bits per heavy atom. The van der Waals surface area contributed by atoms with Crippen LogP contribution in [0.3, 0.4) is 0 Å². The number of aryl methyl sites for hydroxylation is 1. The standard InChI is InChI=1S/C13H14BrClN2O3S/c1-2-17-7-11(6-10(17)8-18)21(19,20)16-13-4-3-9(15)5-12(13)14/h3-7,16,18H,2,8H2,1H3. The second kappa shape index (κ2) is 6.39. The molecule has 0 aliphatic heterocycles. The van der Waals surface area contributed by atoms with Crippen LogP contribution < -0.4 is 4.72 Å². The summed E-state index contributed by atoms with van der Waals surface area (Å²) in [5.74, 6) is 0. The molecule has 0 amide bonds. The van der Waals surface area contributed by atoms with Crippen molar-refractivity contribution in [3.63, 3.8) is 0 Å². The Morgan fingerprint density at radius 1 is 1.38 bits per heavy atom.